The number of likely N-dealkylation sites (N-methyl/N-ethyl adjacent to an activating group) is 1. The van der Waals surface area contributed by atoms with Crippen molar-refractivity contribution in [3.05, 3.63) is 0 Å². The zero-order valence-corrected chi connectivity index (χ0v) is 5.98. The number of carbonyl (C=O) groups excluding carboxylic acids is 1. The molecule has 0 spiro atoms. The molecule has 1 aliphatic heterocycles. The van der Waals surface area contributed by atoms with E-state index in [1.54, 1.807) is 7.05 Å². The maximum absolute atomic E-state index is 10.9. The lowest BCUT2D eigenvalue weighted by Gasteiger charge is -2.12. The van der Waals surface area contributed by atoms with E-state index in [1.165, 1.54) is 4.90 Å². The zero-order chi connectivity index (χ0) is 7.07. The summed E-state index contributed by atoms with van der Waals surface area (Å²) >= 11 is 5.60. The number of hydrogen-bond donors (Lipinski definition) is 1. The molecule has 2 N–H and O–H groups in total. The molecule has 0 bridgehead atoms. The van der Waals surface area contributed by atoms with Crippen molar-refractivity contribution in [2.75, 3.05) is 13.6 Å². The first-order valence-corrected chi connectivity index (χ1v) is 3.15. The van der Waals surface area contributed by atoms with Gasteiger partial charge in [-0.05, 0) is 0 Å². The van der Waals surface area contributed by atoms with E-state index in [9.17, 15) is 4.79 Å². The van der Waals surface area contributed by atoms with Crippen molar-refractivity contribution in [1.29, 1.82) is 0 Å². The molecule has 0 unspecified atom stereocenters. The highest BCUT2D eigenvalue weighted by atomic mass is 35.5. The lowest BCUT2D eigenvalue weighted by molar-refractivity contribution is -0.128. The molecular formula is C5H9ClN2O. The summed E-state index contributed by atoms with van der Waals surface area (Å²) in [6, 6.07) is 0. The van der Waals surface area contributed by atoms with Crippen molar-refractivity contribution in [2.45, 2.75) is 11.4 Å². The van der Waals surface area contributed by atoms with Gasteiger partial charge in [0.15, 0.2) is 5.00 Å². The topological polar surface area (TPSA) is 46.3 Å². The van der Waals surface area contributed by atoms with Gasteiger partial charge in [-0.15, -0.1) is 0 Å². The minimum atomic E-state index is -1.12. The maximum atomic E-state index is 10.9. The van der Waals surface area contributed by atoms with Gasteiger partial charge in [0, 0.05) is 20.0 Å². The second kappa shape index (κ2) is 1.85. The summed E-state index contributed by atoms with van der Waals surface area (Å²) in [7, 11) is 1.69. The summed E-state index contributed by atoms with van der Waals surface area (Å²) in [4.78, 5) is 11.3. The second-order valence-corrected chi connectivity index (χ2v) is 3.01. The van der Waals surface area contributed by atoms with E-state index in [2.05, 4.69) is 0 Å². The Balaban J connectivity index is 2.74. The Bertz CT molecular complexity index is 146. The molecule has 1 amide bonds. The SMILES string of the molecule is CN1CC[C@@](N)(Cl)C1=O. The largest absolute Gasteiger partial charge is 0.343 e. The van der Waals surface area contributed by atoms with Gasteiger partial charge in [-0.3, -0.25) is 4.79 Å². The van der Waals surface area contributed by atoms with Gasteiger partial charge >= 0.3 is 0 Å². The fraction of sp³-hybridized carbons (Fsp3) is 0.800. The predicted octanol–water partition coefficient (Wildman–Crippen LogP) is -0.258. The van der Waals surface area contributed by atoms with Crippen LogP contribution in [-0.2, 0) is 4.79 Å². The van der Waals surface area contributed by atoms with Crippen molar-refractivity contribution in [3.63, 3.8) is 0 Å². The summed E-state index contributed by atoms with van der Waals surface area (Å²) in [6.45, 7) is 0.666. The average Bonchev–Trinajstić information content (AvgIpc) is 1.97. The Hall–Kier alpha value is -0.280. The van der Waals surface area contributed by atoms with E-state index in [4.69, 9.17) is 17.3 Å². The van der Waals surface area contributed by atoms with Gasteiger partial charge in [0.05, 0.1) is 0 Å². The molecule has 0 radical (unpaired) electrons. The summed E-state index contributed by atoms with van der Waals surface area (Å²) in [5.74, 6) is -0.177. The Labute approximate surface area is 58.8 Å². The fourth-order valence-corrected chi connectivity index (χ4v) is 1.08. The van der Waals surface area contributed by atoms with Gasteiger partial charge in [-0.1, -0.05) is 11.6 Å². The van der Waals surface area contributed by atoms with Crippen LogP contribution in [0.15, 0.2) is 0 Å². The normalized spacial score (nSPS) is 35.9. The van der Waals surface area contributed by atoms with Crippen LogP contribution in [0.25, 0.3) is 0 Å². The molecule has 1 rings (SSSR count). The monoisotopic (exact) mass is 148 g/mol. The highest BCUT2D eigenvalue weighted by Crippen LogP contribution is 2.22. The van der Waals surface area contributed by atoms with Crippen LogP contribution in [0.2, 0.25) is 0 Å². The number of amides is 1. The lowest BCUT2D eigenvalue weighted by atomic mass is 10.3. The molecule has 0 aliphatic carbocycles. The van der Waals surface area contributed by atoms with E-state index in [1.807, 2.05) is 0 Å². The van der Waals surface area contributed by atoms with Crippen LogP contribution in [0.5, 0.6) is 0 Å². The number of carbonyl (C=O) groups is 1. The van der Waals surface area contributed by atoms with Crippen LogP contribution in [0.4, 0.5) is 0 Å². The van der Waals surface area contributed by atoms with E-state index in [-0.39, 0.29) is 5.91 Å². The van der Waals surface area contributed by atoms with Crippen molar-refractivity contribution < 1.29 is 4.79 Å². The highest BCUT2D eigenvalue weighted by molar-refractivity contribution is 6.34. The molecule has 1 heterocycles. The lowest BCUT2D eigenvalue weighted by Crippen LogP contribution is -2.41. The Morgan fingerprint density at radius 1 is 1.89 bits per heavy atom. The molecule has 0 saturated carbocycles. The van der Waals surface area contributed by atoms with E-state index < -0.39 is 5.00 Å². The van der Waals surface area contributed by atoms with Crippen LogP contribution in [-0.4, -0.2) is 29.4 Å². The number of rotatable bonds is 0. The van der Waals surface area contributed by atoms with Crippen LogP contribution in [0, 0.1) is 0 Å². The number of likely N-dealkylation sites (tertiary alicyclic amines) is 1. The van der Waals surface area contributed by atoms with Crippen LogP contribution in [0.3, 0.4) is 0 Å². The molecule has 1 aliphatic rings. The van der Waals surface area contributed by atoms with E-state index in [0.29, 0.717) is 13.0 Å². The molecule has 0 aromatic carbocycles. The molecule has 3 nitrogen and oxygen atoms in total. The van der Waals surface area contributed by atoms with E-state index in [0.717, 1.165) is 0 Å². The Morgan fingerprint density at radius 2 is 2.44 bits per heavy atom. The summed E-state index contributed by atoms with van der Waals surface area (Å²) in [6.07, 6.45) is 0.546. The zero-order valence-electron chi connectivity index (χ0n) is 5.22. The predicted molar refractivity (Wildman–Crippen MR) is 35.0 cm³/mol. The molecule has 4 heteroatoms. The van der Waals surface area contributed by atoms with Crippen molar-refractivity contribution >= 4 is 17.5 Å². The number of hydrogen-bond acceptors (Lipinski definition) is 2. The third-order valence-corrected chi connectivity index (χ3v) is 1.86. The molecule has 1 fully saturated rings. The number of nitrogens with two attached hydrogens (primary N) is 1. The minimum absolute atomic E-state index is 0.177. The second-order valence-electron chi connectivity index (χ2n) is 2.34. The average molecular weight is 149 g/mol. The first-order valence-electron chi connectivity index (χ1n) is 2.77. The number of alkyl halides is 1. The van der Waals surface area contributed by atoms with Crippen LogP contribution in [0.1, 0.15) is 6.42 Å². The number of halogens is 1. The summed E-state index contributed by atoms with van der Waals surface area (Å²) < 4.78 is 0. The van der Waals surface area contributed by atoms with Gasteiger partial charge in [0.1, 0.15) is 0 Å². The Morgan fingerprint density at radius 3 is 2.56 bits per heavy atom. The van der Waals surface area contributed by atoms with E-state index >= 15 is 0 Å². The highest BCUT2D eigenvalue weighted by Gasteiger charge is 2.39. The van der Waals surface area contributed by atoms with Gasteiger partial charge < -0.3 is 10.6 Å². The maximum Gasteiger partial charge on any atom is 0.257 e. The molecule has 0 aromatic heterocycles. The molecule has 1 saturated heterocycles. The Kier molecular flexibility index (Phi) is 1.41. The van der Waals surface area contributed by atoms with Gasteiger partial charge in [-0.2, -0.15) is 0 Å². The first-order chi connectivity index (χ1) is 4.04. The number of nitrogens with zero attached hydrogens (tertiary/aromatic N) is 1. The van der Waals surface area contributed by atoms with Gasteiger partial charge in [-0.25, -0.2) is 0 Å². The molecular weight excluding hydrogens is 140 g/mol. The van der Waals surface area contributed by atoms with Crippen LogP contribution >= 0.6 is 11.6 Å². The molecule has 9 heavy (non-hydrogen) atoms. The molecule has 52 valence electrons. The van der Waals surface area contributed by atoms with Crippen molar-refractivity contribution in [1.82, 2.24) is 4.90 Å². The third kappa shape index (κ3) is 1.02. The standard InChI is InChI=1S/C5H9ClN2O/c1-8-3-2-5(6,7)4(8)9/h2-3,7H2,1H3/t5-/m0/s1. The van der Waals surface area contributed by atoms with Crippen LogP contribution < -0.4 is 5.73 Å². The first kappa shape index (κ1) is 6.83. The molecule has 1 atom stereocenters. The smallest absolute Gasteiger partial charge is 0.257 e. The van der Waals surface area contributed by atoms with Gasteiger partial charge in [0.2, 0.25) is 0 Å². The quantitative estimate of drug-likeness (QED) is 0.380. The summed E-state index contributed by atoms with van der Waals surface area (Å²) in [5, 5.41) is 0. The van der Waals surface area contributed by atoms with Gasteiger partial charge in [0.25, 0.3) is 5.91 Å². The minimum Gasteiger partial charge on any atom is -0.343 e. The van der Waals surface area contributed by atoms with Crippen molar-refractivity contribution in [2.24, 2.45) is 5.73 Å². The fourth-order valence-electron chi connectivity index (χ4n) is 0.856. The molecule has 0 aromatic rings. The van der Waals surface area contributed by atoms with Crippen molar-refractivity contribution in [3.8, 4) is 0 Å². The summed E-state index contributed by atoms with van der Waals surface area (Å²) in [5.41, 5.74) is 5.39. The third-order valence-electron chi connectivity index (χ3n) is 1.51.